The summed E-state index contributed by atoms with van der Waals surface area (Å²) in [5, 5.41) is 0. The number of benzene rings is 3. The van der Waals surface area contributed by atoms with E-state index < -0.39 is 10.0 Å². The van der Waals surface area contributed by atoms with E-state index in [0.29, 0.717) is 37.4 Å². The molecule has 7 heteroatoms. The number of carbonyl (C=O) groups excluding carboxylic acids is 1. The van der Waals surface area contributed by atoms with Gasteiger partial charge in [-0.1, -0.05) is 42.5 Å². The first kappa shape index (κ1) is 20.9. The fraction of sp³-hybridized carbons (Fsp3) is 0.208. The average molecular weight is 437 g/mol. The van der Waals surface area contributed by atoms with Gasteiger partial charge in [0.15, 0.2) is 0 Å². The highest BCUT2D eigenvalue weighted by molar-refractivity contribution is 7.92. The van der Waals surface area contributed by atoms with Gasteiger partial charge in [0.25, 0.3) is 15.9 Å². The van der Waals surface area contributed by atoms with Gasteiger partial charge in [0.05, 0.1) is 17.1 Å². The summed E-state index contributed by atoms with van der Waals surface area (Å²) in [6.45, 7) is 1.12. The van der Waals surface area contributed by atoms with Crippen LogP contribution in [0.2, 0.25) is 0 Å². The van der Waals surface area contributed by atoms with Crippen molar-refractivity contribution in [3.8, 4) is 5.75 Å². The third-order valence-electron chi connectivity index (χ3n) is 5.30. The summed E-state index contributed by atoms with van der Waals surface area (Å²) in [7, 11) is -2.07. The monoisotopic (exact) mass is 436 g/mol. The highest BCUT2D eigenvalue weighted by Crippen LogP contribution is 2.32. The number of hydrogen-bond acceptors (Lipinski definition) is 4. The summed E-state index contributed by atoms with van der Waals surface area (Å²) in [5.74, 6) is 0.484. The van der Waals surface area contributed by atoms with E-state index in [1.165, 1.54) is 21.3 Å². The van der Waals surface area contributed by atoms with Crippen LogP contribution in [0.25, 0.3) is 0 Å². The SMILES string of the molecule is CN(CCOc1ccccc1)C(=O)c1cccc(S(=O)(=O)N2CCc3ccccc32)c1. The first-order chi connectivity index (χ1) is 15.0. The number of likely N-dealkylation sites (N-methyl/N-ethyl adjacent to an activating group) is 1. The van der Waals surface area contributed by atoms with Crippen LogP contribution >= 0.6 is 0 Å². The maximum Gasteiger partial charge on any atom is 0.264 e. The van der Waals surface area contributed by atoms with E-state index in [9.17, 15) is 13.2 Å². The summed E-state index contributed by atoms with van der Waals surface area (Å²) in [5.41, 5.74) is 2.04. The van der Waals surface area contributed by atoms with Gasteiger partial charge in [0, 0.05) is 19.2 Å². The maximum atomic E-state index is 13.3. The molecular weight excluding hydrogens is 412 g/mol. The molecule has 0 saturated carbocycles. The zero-order chi connectivity index (χ0) is 21.8. The van der Waals surface area contributed by atoms with Gasteiger partial charge in [-0.15, -0.1) is 0 Å². The first-order valence-electron chi connectivity index (χ1n) is 10.1. The molecule has 1 amide bonds. The van der Waals surface area contributed by atoms with Gasteiger partial charge in [-0.2, -0.15) is 0 Å². The van der Waals surface area contributed by atoms with Crippen molar-refractivity contribution < 1.29 is 17.9 Å². The summed E-state index contributed by atoms with van der Waals surface area (Å²) in [4.78, 5) is 14.5. The highest BCUT2D eigenvalue weighted by Gasteiger charge is 2.31. The Morgan fingerprint density at radius 2 is 1.74 bits per heavy atom. The number of ether oxygens (including phenoxy) is 1. The number of nitrogens with zero attached hydrogens (tertiary/aromatic N) is 2. The molecule has 0 radical (unpaired) electrons. The lowest BCUT2D eigenvalue weighted by Gasteiger charge is -2.21. The second-order valence-electron chi connectivity index (χ2n) is 7.37. The fourth-order valence-electron chi connectivity index (χ4n) is 3.61. The Bertz CT molecular complexity index is 1180. The maximum absolute atomic E-state index is 13.3. The number of rotatable bonds is 7. The van der Waals surface area contributed by atoms with Crippen molar-refractivity contribution >= 4 is 21.6 Å². The Kier molecular flexibility index (Phi) is 5.95. The standard InChI is InChI=1S/C24H24N2O4S/c1-25(16-17-30-21-10-3-2-4-11-21)24(27)20-9-7-12-22(18-20)31(28,29)26-15-14-19-8-5-6-13-23(19)26/h2-13,18H,14-17H2,1H3. The molecule has 0 atom stereocenters. The van der Waals surface area contributed by atoms with E-state index >= 15 is 0 Å². The van der Waals surface area contributed by atoms with Crippen LogP contribution in [-0.4, -0.2) is 46.0 Å². The molecule has 4 rings (SSSR count). The number of para-hydroxylation sites is 2. The molecule has 3 aromatic carbocycles. The smallest absolute Gasteiger partial charge is 0.264 e. The molecule has 0 spiro atoms. The summed E-state index contributed by atoms with van der Waals surface area (Å²) < 4.78 is 33.6. The molecule has 6 nitrogen and oxygen atoms in total. The van der Waals surface area contributed by atoms with Gasteiger partial charge < -0.3 is 9.64 Å². The molecule has 0 fully saturated rings. The van der Waals surface area contributed by atoms with Crippen LogP contribution in [0.15, 0.2) is 83.8 Å². The van der Waals surface area contributed by atoms with E-state index in [1.54, 1.807) is 19.2 Å². The third kappa shape index (κ3) is 4.41. The van der Waals surface area contributed by atoms with E-state index in [0.717, 1.165) is 11.3 Å². The van der Waals surface area contributed by atoms with Gasteiger partial charge in [0.1, 0.15) is 12.4 Å². The van der Waals surface area contributed by atoms with Crippen molar-refractivity contribution in [2.45, 2.75) is 11.3 Å². The number of amides is 1. The van der Waals surface area contributed by atoms with Crippen LogP contribution in [0.3, 0.4) is 0 Å². The van der Waals surface area contributed by atoms with Crippen LogP contribution in [0.4, 0.5) is 5.69 Å². The summed E-state index contributed by atoms with van der Waals surface area (Å²) in [6, 6.07) is 23.1. The lowest BCUT2D eigenvalue weighted by Crippen LogP contribution is -2.32. The van der Waals surface area contributed by atoms with Gasteiger partial charge in [-0.25, -0.2) is 8.42 Å². The van der Waals surface area contributed by atoms with Crippen molar-refractivity contribution in [1.82, 2.24) is 4.90 Å². The highest BCUT2D eigenvalue weighted by atomic mass is 32.2. The Labute approximate surface area is 182 Å². The van der Waals surface area contributed by atoms with E-state index in [-0.39, 0.29) is 10.8 Å². The lowest BCUT2D eigenvalue weighted by molar-refractivity contribution is 0.0773. The Morgan fingerprint density at radius 1 is 1.00 bits per heavy atom. The quantitative estimate of drug-likeness (QED) is 0.568. The molecule has 1 heterocycles. The molecule has 0 aliphatic carbocycles. The average Bonchev–Trinajstić information content (AvgIpc) is 3.24. The summed E-state index contributed by atoms with van der Waals surface area (Å²) in [6.07, 6.45) is 0.679. The molecule has 1 aliphatic heterocycles. The molecular formula is C24H24N2O4S. The second kappa shape index (κ2) is 8.81. The van der Waals surface area contributed by atoms with Crippen molar-refractivity contribution in [3.05, 3.63) is 90.0 Å². The van der Waals surface area contributed by atoms with Crippen LogP contribution in [0, 0.1) is 0 Å². The van der Waals surface area contributed by atoms with Crippen LogP contribution in [0.1, 0.15) is 15.9 Å². The zero-order valence-corrected chi connectivity index (χ0v) is 18.1. The van der Waals surface area contributed by atoms with Gasteiger partial charge in [-0.3, -0.25) is 9.10 Å². The van der Waals surface area contributed by atoms with Crippen molar-refractivity contribution in [3.63, 3.8) is 0 Å². The number of anilines is 1. The molecule has 31 heavy (non-hydrogen) atoms. The predicted molar refractivity (Wildman–Crippen MR) is 120 cm³/mol. The van der Waals surface area contributed by atoms with Crippen molar-refractivity contribution in [1.29, 1.82) is 0 Å². The number of hydrogen-bond donors (Lipinski definition) is 0. The molecule has 160 valence electrons. The second-order valence-corrected chi connectivity index (χ2v) is 9.23. The molecule has 0 saturated heterocycles. The predicted octanol–water partition coefficient (Wildman–Crippen LogP) is 3.59. The molecule has 0 N–H and O–H groups in total. The molecule has 1 aliphatic rings. The van der Waals surface area contributed by atoms with Crippen molar-refractivity contribution in [2.75, 3.05) is 31.0 Å². The van der Waals surface area contributed by atoms with Crippen LogP contribution in [-0.2, 0) is 16.4 Å². The van der Waals surface area contributed by atoms with Crippen LogP contribution in [0.5, 0.6) is 5.75 Å². The Hall–Kier alpha value is -3.32. The number of sulfonamides is 1. The minimum atomic E-state index is -3.75. The van der Waals surface area contributed by atoms with Gasteiger partial charge in [0.2, 0.25) is 0 Å². The molecule has 0 aromatic heterocycles. The summed E-state index contributed by atoms with van der Waals surface area (Å²) >= 11 is 0. The van der Waals surface area contributed by atoms with Crippen molar-refractivity contribution in [2.24, 2.45) is 0 Å². The number of carbonyl (C=O) groups is 1. The fourth-order valence-corrected chi connectivity index (χ4v) is 5.16. The normalized spacial score (nSPS) is 13.0. The van der Waals surface area contributed by atoms with Crippen LogP contribution < -0.4 is 9.04 Å². The molecule has 0 unspecified atom stereocenters. The minimum absolute atomic E-state index is 0.115. The third-order valence-corrected chi connectivity index (χ3v) is 7.11. The van der Waals surface area contributed by atoms with E-state index in [2.05, 4.69) is 0 Å². The minimum Gasteiger partial charge on any atom is -0.492 e. The van der Waals surface area contributed by atoms with Gasteiger partial charge in [-0.05, 0) is 48.4 Å². The zero-order valence-electron chi connectivity index (χ0n) is 17.3. The van der Waals surface area contributed by atoms with Gasteiger partial charge >= 0.3 is 0 Å². The Balaban J connectivity index is 1.47. The lowest BCUT2D eigenvalue weighted by atomic mass is 10.2. The van der Waals surface area contributed by atoms with E-state index in [4.69, 9.17) is 4.74 Å². The topological polar surface area (TPSA) is 66.9 Å². The Morgan fingerprint density at radius 3 is 2.55 bits per heavy atom. The molecule has 3 aromatic rings. The largest absolute Gasteiger partial charge is 0.492 e. The number of fused-ring (bicyclic) bond motifs is 1. The molecule has 0 bridgehead atoms. The first-order valence-corrected chi connectivity index (χ1v) is 11.5. The van der Waals surface area contributed by atoms with E-state index in [1.807, 2.05) is 54.6 Å².